The Morgan fingerprint density at radius 1 is 1.33 bits per heavy atom. The normalized spacial score (nSPS) is 22.8. The highest BCUT2D eigenvalue weighted by atomic mass is 19.4. The monoisotopic (exact) mass is 505 g/mol. The van der Waals surface area contributed by atoms with Crippen LogP contribution in [0.25, 0.3) is 10.9 Å². The van der Waals surface area contributed by atoms with Crippen LogP contribution in [0.1, 0.15) is 41.2 Å². The number of carbonyl (C=O) groups excluding carboxylic acids is 1. The van der Waals surface area contributed by atoms with Crippen molar-refractivity contribution in [3.05, 3.63) is 51.9 Å². The number of aryl methyl sites for hydroxylation is 1. The molecule has 1 amide bonds. The Bertz CT molecular complexity index is 1360. The molecule has 2 aliphatic rings. The van der Waals surface area contributed by atoms with Gasteiger partial charge in [0.05, 0.1) is 24.7 Å². The van der Waals surface area contributed by atoms with Crippen molar-refractivity contribution < 1.29 is 27.8 Å². The van der Waals surface area contributed by atoms with E-state index in [1.165, 1.54) is 6.07 Å². The third-order valence-electron chi connectivity index (χ3n) is 6.89. The molecular weight excluding hydrogens is 479 g/mol. The SMILES string of the molecule is Cc1cc(Nc2nn(C3CCCOC3)c3cc[nH]c(=O)c23)ccc1C(=O)N1CCC(O)(C(F)(F)F)C1. The average molecular weight is 505 g/mol. The zero-order chi connectivity index (χ0) is 25.7. The zero-order valence-corrected chi connectivity index (χ0v) is 19.6. The lowest BCUT2D eigenvalue weighted by Crippen LogP contribution is -2.48. The Morgan fingerprint density at radius 3 is 2.81 bits per heavy atom. The van der Waals surface area contributed by atoms with Crippen LogP contribution in [0.3, 0.4) is 0 Å². The van der Waals surface area contributed by atoms with Crippen molar-refractivity contribution in [2.24, 2.45) is 0 Å². The number of aromatic nitrogens is 3. The lowest BCUT2D eigenvalue weighted by molar-refractivity contribution is -0.253. The molecular formula is C24H26F3N5O4. The number of likely N-dealkylation sites (tertiary alicyclic amines) is 1. The predicted octanol–water partition coefficient (Wildman–Crippen LogP) is 3.27. The molecule has 2 atom stereocenters. The number of aliphatic hydroxyl groups is 1. The van der Waals surface area contributed by atoms with Crippen LogP contribution in [-0.2, 0) is 4.74 Å². The fourth-order valence-corrected chi connectivity index (χ4v) is 4.87. The molecule has 0 bridgehead atoms. The third kappa shape index (κ3) is 4.24. The van der Waals surface area contributed by atoms with Crippen LogP contribution in [0.4, 0.5) is 24.7 Å². The number of benzene rings is 1. The molecule has 2 aromatic heterocycles. The molecule has 12 heteroatoms. The number of aromatic amines is 1. The first-order valence-corrected chi connectivity index (χ1v) is 11.7. The minimum absolute atomic E-state index is 0.00358. The fraction of sp³-hybridized carbons (Fsp3) is 0.458. The van der Waals surface area contributed by atoms with Crippen LogP contribution in [0, 0.1) is 6.92 Å². The summed E-state index contributed by atoms with van der Waals surface area (Å²) in [4.78, 5) is 29.2. The number of hydrogen-bond donors (Lipinski definition) is 3. The summed E-state index contributed by atoms with van der Waals surface area (Å²) in [6.45, 7) is 1.88. The molecule has 0 spiro atoms. The average Bonchev–Trinajstić information content (AvgIpc) is 3.42. The van der Waals surface area contributed by atoms with Crippen LogP contribution in [0.15, 0.2) is 35.3 Å². The van der Waals surface area contributed by atoms with Gasteiger partial charge < -0.3 is 25.0 Å². The number of carbonyl (C=O) groups is 1. The van der Waals surface area contributed by atoms with Gasteiger partial charge in [0.1, 0.15) is 5.39 Å². The maximum Gasteiger partial charge on any atom is 0.419 e. The van der Waals surface area contributed by atoms with Gasteiger partial charge in [-0.15, -0.1) is 0 Å². The summed E-state index contributed by atoms with van der Waals surface area (Å²) in [6.07, 6.45) is -2.03. The Morgan fingerprint density at radius 2 is 2.14 bits per heavy atom. The van der Waals surface area contributed by atoms with Crippen molar-refractivity contribution in [3.63, 3.8) is 0 Å². The van der Waals surface area contributed by atoms with E-state index in [0.717, 1.165) is 17.7 Å². The number of halogens is 3. The summed E-state index contributed by atoms with van der Waals surface area (Å²) >= 11 is 0. The van der Waals surface area contributed by atoms with Gasteiger partial charge in [0, 0.05) is 37.0 Å². The van der Waals surface area contributed by atoms with Gasteiger partial charge in [0.15, 0.2) is 11.4 Å². The Labute approximate surface area is 203 Å². The first-order chi connectivity index (χ1) is 17.1. The lowest BCUT2D eigenvalue weighted by Gasteiger charge is -2.26. The number of amides is 1. The number of anilines is 2. The number of β-amino-alcohol motifs (C(OH)–C–C–N with tert-alkyl or cyclic N) is 1. The van der Waals surface area contributed by atoms with E-state index in [1.54, 1.807) is 36.0 Å². The smallest absolute Gasteiger partial charge is 0.379 e. The minimum Gasteiger partial charge on any atom is -0.379 e. The number of fused-ring (bicyclic) bond motifs is 1. The second kappa shape index (κ2) is 8.93. The molecule has 2 fully saturated rings. The third-order valence-corrected chi connectivity index (χ3v) is 6.89. The number of rotatable bonds is 4. The van der Waals surface area contributed by atoms with Crippen LogP contribution in [-0.4, -0.2) is 68.8 Å². The standard InChI is InChI=1S/C24H26F3N5O4/c1-14-11-15(4-5-17(14)22(34)31-9-7-23(35,13-31)24(25,26)27)29-20-19-18(6-8-28-21(19)33)32(30-20)16-3-2-10-36-12-16/h4-6,8,11,16,35H,2-3,7,9-10,12-13H2,1H3,(H,28,33)(H,29,30). The van der Waals surface area contributed by atoms with Crippen LogP contribution in [0.2, 0.25) is 0 Å². The first kappa shape index (κ1) is 24.3. The highest BCUT2D eigenvalue weighted by molar-refractivity contribution is 5.97. The molecule has 2 saturated heterocycles. The molecule has 2 unspecified atom stereocenters. The number of nitrogens with zero attached hydrogens (tertiary/aromatic N) is 3. The van der Waals surface area contributed by atoms with Crippen molar-refractivity contribution in [2.75, 3.05) is 31.6 Å². The summed E-state index contributed by atoms with van der Waals surface area (Å²) in [6, 6.07) is 6.58. The van der Waals surface area contributed by atoms with Crippen LogP contribution >= 0.6 is 0 Å². The second-order valence-electron chi connectivity index (χ2n) is 9.39. The number of alkyl halides is 3. The minimum atomic E-state index is -4.81. The molecule has 0 radical (unpaired) electrons. The number of H-pyrrole nitrogens is 1. The van der Waals surface area contributed by atoms with Gasteiger partial charge in [0.25, 0.3) is 11.5 Å². The fourth-order valence-electron chi connectivity index (χ4n) is 4.87. The van der Waals surface area contributed by atoms with Gasteiger partial charge in [-0.2, -0.15) is 18.3 Å². The van der Waals surface area contributed by atoms with Gasteiger partial charge in [-0.25, -0.2) is 0 Å². The number of pyridine rings is 1. The molecule has 3 N–H and O–H groups in total. The van der Waals surface area contributed by atoms with E-state index < -0.39 is 30.7 Å². The molecule has 3 aromatic rings. The van der Waals surface area contributed by atoms with Crippen molar-refractivity contribution in [1.29, 1.82) is 0 Å². The summed E-state index contributed by atoms with van der Waals surface area (Å²) in [5.74, 6) is -0.228. The first-order valence-electron chi connectivity index (χ1n) is 11.7. The highest BCUT2D eigenvalue weighted by Crippen LogP contribution is 2.38. The van der Waals surface area contributed by atoms with E-state index in [2.05, 4.69) is 15.4 Å². The van der Waals surface area contributed by atoms with E-state index in [4.69, 9.17) is 4.74 Å². The van der Waals surface area contributed by atoms with E-state index in [9.17, 15) is 27.9 Å². The Kier molecular flexibility index (Phi) is 6.03. The predicted molar refractivity (Wildman–Crippen MR) is 125 cm³/mol. The van der Waals surface area contributed by atoms with Crippen LogP contribution < -0.4 is 10.9 Å². The molecule has 9 nitrogen and oxygen atoms in total. The Balaban J connectivity index is 1.40. The number of nitrogens with one attached hydrogen (secondary N) is 2. The highest BCUT2D eigenvalue weighted by Gasteiger charge is 2.57. The van der Waals surface area contributed by atoms with Gasteiger partial charge in [0.2, 0.25) is 0 Å². The van der Waals surface area contributed by atoms with E-state index >= 15 is 0 Å². The van der Waals surface area contributed by atoms with Crippen molar-refractivity contribution >= 4 is 28.3 Å². The summed E-state index contributed by atoms with van der Waals surface area (Å²) < 4.78 is 46.8. The van der Waals surface area contributed by atoms with Crippen molar-refractivity contribution in [2.45, 2.75) is 44.0 Å². The van der Waals surface area contributed by atoms with E-state index in [0.29, 0.717) is 41.2 Å². The number of hydrogen-bond acceptors (Lipinski definition) is 6. The van der Waals surface area contributed by atoms with E-state index in [-0.39, 0.29) is 23.7 Å². The molecule has 36 heavy (non-hydrogen) atoms. The molecule has 192 valence electrons. The summed E-state index contributed by atoms with van der Waals surface area (Å²) in [5, 5.41) is 18.1. The molecule has 2 aliphatic heterocycles. The largest absolute Gasteiger partial charge is 0.419 e. The molecule has 1 aromatic carbocycles. The van der Waals surface area contributed by atoms with Crippen LogP contribution in [0.5, 0.6) is 0 Å². The maximum atomic E-state index is 13.1. The van der Waals surface area contributed by atoms with E-state index in [1.807, 2.05) is 0 Å². The molecule has 0 saturated carbocycles. The zero-order valence-electron chi connectivity index (χ0n) is 19.6. The van der Waals surface area contributed by atoms with Crippen molar-refractivity contribution in [3.8, 4) is 0 Å². The summed E-state index contributed by atoms with van der Waals surface area (Å²) in [5.41, 5.74) is -1.19. The van der Waals surface area contributed by atoms with Gasteiger partial charge in [-0.05, 0) is 49.6 Å². The quantitative estimate of drug-likeness (QED) is 0.502. The lowest BCUT2D eigenvalue weighted by atomic mass is 10.0. The number of ether oxygens (including phenoxy) is 1. The second-order valence-corrected chi connectivity index (χ2v) is 9.39. The Hall–Kier alpha value is -3.38. The molecule has 0 aliphatic carbocycles. The summed E-state index contributed by atoms with van der Waals surface area (Å²) in [7, 11) is 0. The van der Waals surface area contributed by atoms with Gasteiger partial charge in [-0.1, -0.05) is 0 Å². The van der Waals surface area contributed by atoms with Gasteiger partial charge in [-0.3, -0.25) is 14.3 Å². The maximum absolute atomic E-state index is 13.1. The van der Waals surface area contributed by atoms with Gasteiger partial charge >= 0.3 is 6.18 Å². The topological polar surface area (TPSA) is 112 Å². The molecule has 4 heterocycles. The molecule has 5 rings (SSSR count). The van der Waals surface area contributed by atoms with Crippen molar-refractivity contribution in [1.82, 2.24) is 19.7 Å².